The van der Waals surface area contributed by atoms with E-state index in [-0.39, 0.29) is 18.2 Å². The molecule has 1 amide bonds. The van der Waals surface area contributed by atoms with Crippen LogP contribution in [0, 0.1) is 5.92 Å². The van der Waals surface area contributed by atoms with E-state index in [0.29, 0.717) is 13.0 Å². The number of nitrogens with two attached hydrogens (primary N) is 2. The summed E-state index contributed by atoms with van der Waals surface area (Å²) in [4.78, 5) is 21.8. The highest BCUT2D eigenvalue weighted by Gasteiger charge is 2.12. The van der Waals surface area contributed by atoms with Crippen LogP contribution in [0.3, 0.4) is 0 Å². The van der Waals surface area contributed by atoms with Crippen LogP contribution in [-0.4, -0.2) is 30.8 Å². The molecule has 5 heteroatoms. The fourth-order valence-electron chi connectivity index (χ4n) is 0.982. The zero-order valence-electron chi connectivity index (χ0n) is 14.2. The van der Waals surface area contributed by atoms with Crippen molar-refractivity contribution in [1.29, 1.82) is 0 Å². The topological polar surface area (TPSA) is 98.2 Å². The van der Waals surface area contributed by atoms with Crippen LogP contribution in [0.5, 0.6) is 0 Å². The van der Waals surface area contributed by atoms with Gasteiger partial charge in [0, 0.05) is 0 Å². The van der Waals surface area contributed by atoms with Crippen molar-refractivity contribution in [3.63, 3.8) is 0 Å². The standard InChI is InChI=1S/C9H19N3O2.C4H10.C2H6/c1-7(13)6-12-9(14)8(11)4-2-3-5-10;1-4(2)3;1-2/h8H,2-6,10-11H2,1H3,(H,12,14);4H,1-3H3;1-2H3. The molecule has 0 aromatic rings. The smallest absolute Gasteiger partial charge is 0.237 e. The Hall–Kier alpha value is -0.940. The van der Waals surface area contributed by atoms with Crippen LogP contribution in [0.4, 0.5) is 0 Å². The Labute approximate surface area is 124 Å². The summed E-state index contributed by atoms with van der Waals surface area (Å²) in [7, 11) is 0. The summed E-state index contributed by atoms with van der Waals surface area (Å²) in [5.41, 5.74) is 10.9. The number of carbonyl (C=O) groups excluding carboxylic acids is 2. The average molecular weight is 289 g/mol. The molecule has 0 heterocycles. The Morgan fingerprint density at radius 3 is 1.90 bits per heavy atom. The quantitative estimate of drug-likeness (QED) is 0.623. The van der Waals surface area contributed by atoms with Gasteiger partial charge in [0.25, 0.3) is 0 Å². The number of unbranched alkanes of at least 4 members (excludes halogenated alkanes) is 1. The third-order valence-electron chi connectivity index (χ3n) is 1.82. The molecule has 122 valence electrons. The number of nitrogens with one attached hydrogen (secondary N) is 1. The van der Waals surface area contributed by atoms with Gasteiger partial charge in [-0.25, -0.2) is 0 Å². The van der Waals surface area contributed by atoms with E-state index in [2.05, 4.69) is 26.1 Å². The summed E-state index contributed by atoms with van der Waals surface area (Å²) >= 11 is 0. The van der Waals surface area contributed by atoms with Crippen LogP contribution >= 0.6 is 0 Å². The van der Waals surface area contributed by atoms with E-state index in [9.17, 15) is 9.59 Å². The third-order valence-corrected chi connectivity index (χ3v) is 1.82. The van der Waals surface area contributed by atoms with E-state index < -0.39 is 6.04 Å². The zero-order chi connectivity index (χ0) is 16.6. The summed E-state index contributed by atoms with van der Waals surface area (Å²) in [6.07, 6.45) is 2.32. The van der Waals surface area contributed by atoms with Gasteiger partial charge in [0.2, 0.25) is 5.91 Å². The van der Waals surface area contributed by atoms with Gasteiger partial charge in [-0.2, -0.15) is 0 Å². The second kappa shape index (κ2) is 18.1. The second-order valence-electron chi connectivity index (χ2n) is 5.04. The minimum atomic E-state index is -0.527. The van der Waals surface area contributed by atoms with Gasteiger partial charge in [0.1, 0.15) is 5.78 Å². The molecule has 0 radical (unpaired) electrons. The first-order chi connectivity index (χ1) is 9.31. The number of hydrogen-bond donors (Lipinski definition) is 3. The van der Waals surface area contributed by atoms with E-state index in [1.165, 1.54) is 6.92 Å². The summed E-state index contributed by atoms with van der Waals surface area (Å²) in [6, 6.07) is -0.527. The Morgan fingerprint density at radius 1 is 1.10 bits per heavy atom. The van der Waals surface area contributed by atoms with Crippen molar-refractivity contribution in [2.24, 2.45) is 17.4 Å². The predicted octanol–water partition coefficient (Wildman–Crippen LogP) is 1.84. The number of amides is 1. The van der Waals surface area contributed by atoms with E-state index in [1.807, 2.05) is 13.8 Å². The fraction of sp³-hybridized carbons (Fsp3) is 0.867. The molecule has 5 N–H and O–H groups in total. The van der Waals surface area contributed by atoms with Crippen LogP contribution in [-0.2, 0) is 9.59 Å². The van der Waals surface area contributed by atoms with Crippen LogP contribution < -0.4 is 16.8 Å². The van der Waals surface area contributed by atoms with Crippen molar-refractivity contribution in [3.05, 3.63) is 0 Å². The molecule has 20 heavy (non-hydrogen) atoms. The molecule has 0 saturated carbocycles. The van der Waals surface area contributed by atoms with Gasteiger partial charge in [-0.1, -0.05) is 41.0 Å². The first kappa shape index (κ1) is 24.1. The maximum absolute atomic E-state index is 11.2. The first-order valence-corrected chi connectivity index (χ1v) is 7.54. The van der Waals surface area contributed by atoms with Crippen LogP contribution in [0.25, 0.3) is 0 Å². The van der Waals surface area contributed by atoms with Crippen molar-refractivity contribution in [2.45, 2.75) is 66.8 Å². The molecule has 0 bridgehead atoms. The molecule has 0 aromatic carbocycles. The number of rotatable bonds is 7. The lowest BCUT2D eigenvalue weighted by Crippen LogP contribution is -2.42. The maximum Gasteiger partial charge on any atom is 0.237 e. The molecule has 1 unspecified atom stereocenters. The zero-order valence-corrected chi connectivity index (χ0v) is 14.2. The van der Waals surface area contributed by atoms with Gasteiger partial charge in [-0.3, -0.25) is 9.59 Å². The molecule has 0 aliphatic rings. The number of hydrogen-bond acceptors (Lipinski definition) is 4. The second-order valence-corrected chi connectivity index (χ2v) is 5.04. The highest BCUT2D eigenvalue weighted by molar-refractivity contribution is 5.87. The minimum Gasteiger partial charge on any atom is -0.348 e. The van der Waals surface area contributed by atoms with Crippen LogP contribution in [0.2, 0.25) is 0 Å². The highest BCUT2D eigenvalue weighted by atomic mass is 16.2. The Kier molecular flexibility index (Phi) is 21.8. The van der Waals surface area contributed by atoms with Crippen LogP contribution in [0.15, 0.2) is 0 Å². The lowest BCUT2D eigenvalue weighted by Gasteiger charge is -2.10. The molecule has 1 atom stereocenters. The number of carbonyl (C=O) groups is 2. The van der Waals surface area contributed by atoms with Gasteiger partial charge in [0.15, 0.2) is 0 Å². The predicted molar refractivity (Wildman–Crippen MR) is 86.4 cm³/mol. The van der Waals surface area contributed by atoms with Crippen molar-refractivity contribution < 1.29 is 9.59 Å². The third kappa shape index (κ3) is 25.8. The summed E-state index contributed by atoms with van der Waals surface area (Å²) in [5.74, 6) is 0.490. The highest BCUT2D eigenvalue weighted by Crippen LogP contribution is 1.97. The Balaban J connectivity index is -0.000000410. The van der Waals surface area contributed by atoms with Crippen molar-refractivity contribution in [3.8, 4) is 0 Å². The summed E-state index contributed by atoms with van der Waals surface area (Å²) in [5, 5.41) is 2.46. The van der Waals surface area contributed by atoms with Gasteiger partial charge < -0.3 is 16.8 Å². The molecule has 0 aliphatic carbocycles. The maximum atomic E-state index is 11.2. The summed E-state index contributed by atoms with van der Waals surface area (Å²) in [6.45, 7) is 12.6. The molecule has 0 aromatic heterocycles. The Bertz CT molecular complexity index is 228. The van der Waals surface area contributed by atoms with Gasteiger partial charge in [-0.05, 0) is 32.2 Å². The lowest BCUT2D eigenvalue weighted by molar-refractivity contribution is -0.125. The Morgan fingerprint density at radius 2 is 1.55 bits per heavy atom. The molecular weight excluding hydrogens is 254 g/mol. The normalized spacial score (nSPS) is 10.7. The average Bonchev–Trinajstić information content (AvgIpc) is 2.37. The van der Waals surface area contributed by atoms with E-state index in [1.54, 1.807) is 0 Å². The fourth-order valence-corrected chi connectivity index (χ4v) is 0.982. The van der Waals surface area contributed by atoms with Gasteiger partial charge >= 0.3 is 0 Å². The summed E-state index contributed by atoms with van der Waals surface area (Å²) < 4.78 is 0. The molecule has 5 nitrogen and oxygen atoms in total. The van der Waals surface area contributed by atoms with Crippen molar-refractivity contribution in [2.75, 3.05) is 13.1 Å². The molecule has 0 fully saturated rings. The largest absolute Gasteiger partial charge is 0.348 e. The van der Waals surface area contributed by atoms with Crippen LogP contribution in [0.1, 0.15) is 60.8 Å². The van der Waals surface area contributed by atoms with E-state index in [4.69, 9.17) is 11.5 Å². The lowest BCUT2D eigenvalue weighted by atomic mass is 10.1. The monoisotopic (exact) mass is 289 g/mol. The number of ketones is 1. The van der Waals surface area contributed by atoms with Crippen molar-refractivity contribution in [1.82, 2.24) is 5.32 Å². The molecule has 0 rings (SSSR count). The molecule has 0 saturated heterocycles. The van der Waals surface area contributed by atoms with E-state index in [0.717, 1.165) is 18.8 Å². The SMILES string of the molecule is CC.CC(=O)CNC(=O)C(N)CCCCN.CC(C)C. The molecule has 0 aliphatic heterocycles. The van der Waals surface area contributed by atoms with Crippen molar-refractivity contribution >= 4 is 11.7 Å². The van der Waals surface area contributed by atoms with E-state index >= 15 is 0 Å². The minimum absolute atomic E-state index is 0.0590. The molecule has 0 spiro atoms. The number of Topliss-reactive ketones (excluding diaryl/α,β-unsaturated/α-hetero) is 1. The van der Waals surface area contributed by atoms with Gasteiger partial charge in [0.05, 0.1) is 12.6 Å². The first-order valence-electron chi connectivity index (χ1n) is 7.54. The van der Waals surface area contributed by atoms with Gasteiger partial charge in [-0.15, -0.1) is 0 Å². The molecular formula is C15H35N3O2.